The lowest BCUT2D eigenvalue weighted by molar-refractivity contribution is -0.114. The fourth-order valence-electron chi connectivity index (χ4n) is 3.93. The first-order chi connectivity index (χ1) is 19.7. The van der Waals surface area contributed by atoms with Crippen molar-refractivity contribution >= 4 is 70.1 Å². The molecule has 0 saturated carbocycles. The van der Waals surface area contributed by atoms with E-state index in [9.17, 15) is 14.4 Å². The van der Waals surface area contributed by atoms with Crippen LogP contribution in [-0.2, 0) is 9.59 Å². The van der Waals surface area contributed by atoms with Crippen molar-refractivity contribution < 1.29 is 14.4 Å². The number of halogens is 2. The van der Waals surface area contributed by atoms with Crippen LogP contribution in [0.15, 0.2) is 102 Å². The fourth-order valence-corrected chi connectivity index (χ4v) is 5.19. The maximum Gasteiger partial charge on any atom is 0.272 e. The van der Waals surface area contributed by atoms with Crippen LogP contribution in [0.4, 0.5) is 11.4 Å². The molecule has 3 N–H and O–H groups in total. The van der Waals surface area contributed by atoms with Crippen LogP contribution in [0.3, 0.4) is 0 Å². The quantitative estimate of drug-likeness (QED) is 0.135. The Balaban J connectivity index is 1.49. The number of amides is 3. The van der Waals surface area contributed by atoms with Gasteiger partial charge in [0.05, 0.1) is 5.75 Å². The number of aryl methyl sites for hydroxylation is 2. The van der Waals surface area contributed by atoms with Crippen molar-refractivity contribution in [2.24, 2.45) is 0 Å². The lowest BCUT2D eigenvalue weighted by atomic mass is 10.1. The van der Waals surface area contributed by atoms with Gasteiger partial charge in [-0.05, 0) is 73.5 Å². The Bertz CT molecular complexity index is 1580. The Labute approximate surface area is 253 Å². The van der Waals surface area contributed by atoms with Gasteiger partial charge in [0.25, 0.3) is 11.8 Å². The molecule has 41 heavy (non-hydrogen) atoms. The van der Waals surface area contributed by atoms with Gasteiger partial charge in [0.2, 0.25) is 5.91 Å². The molecule has 4 rings (SSSR count). The van der Waals surface area contributed by atoms with E-state index >= 15 is 0 Å². The summed E-state index contributed by atoms with van der Waals surface area (Å²) < 4.78 is 0. The molecule has 0 saturated heterocycles. The van der Waals surface area contributed by atoms with Gasteiger partial charge in [-0.1, -0.05) is 71.7 Å². The summed E-state index contributed by atoms with van der Waals surface area (Å²) in [4.78, 5) is 39.7. The second-order valence-electron chi connectivity index (χ2n) is 9.10. The van der Waals surface area contributed by atoms with E-state index in [0.29, 0.717) is 26.9 Å². The summed E-state index contributed by atoms with van der Waals surface area (Å²) in [5, 5.41) is 9.13. The smallest absolute Gasteiger partial charge is 0.272 e. The van der Waals surface area contributed by atoms with Gasteiger partial charge in [0, 0.05) is 37.4 Å². The Morgan fingerprint density at radius 1 is 0.780 bits per heavy atom. The Morgan fingerprint density at radius 3 is 2.10 bits per heavy atom. The van der Waals surface area contributed by atoms with Crippen molar-refractivity contribution in [3.05, 3.63) is 129 Å². The van der Waals surface area contributed by atoms with Crippen LogP contribution in [-0.4, -0.2) is 23.5 Å². The van der Waals surface area contributed by atoms with E-state index in [0.717, 1.165) is 21.7 Å². The number of thioether (sulfide) groups is 1. The van der Waals surface area contributed by atoms with E-state index in [-0.39, 0.29) is 17.4 Å². The highest BCUT2D eigenvalue weighted by Crippen LogP contribution is 2.27. The molecule has 0 bridgehead atoms. The van der Waals surface area contributed by atoms with Crippen molar-refractivity contribution in [1.82, 2.24) is 5.32 Å². The number of anilines is 2. The molecule has 4 aromatic carbocycles. The van der Waals surface area contributed by atoms with Crippen LogP contribution in [0.1, 0.15) is 27.0 Å². The third-order valence-corrected chi connectivity index (χ3v) is 7.68. The maximum atomic E-state index is 13.4. The van der Waals surface area contributed by atoms with Crippen LogP contribution in [0.25, 0.3) is 6.08 Å². The first kappa shape index (κ1) is 29.9. The number of benzene rings is 4. The summed E-state index contributed by atoms with van der Waals surface area (Å²) in [6.07, 6.45) is 1.44. The molecule has 0 aromatic heterocycles. The highest BCUT2D eigenvalue weighted by atomic mass is 35.5. The molecule has 0 aliphatic carbocycles. The molecular formula is C32H27Cl2N3O3S. The monoisotopic (exact) mass is 603 g/mol. The SMILES string of the molecule is Cc1cccc(C)c1NC(=O)CSc1cccc(NC(=O)/C(=C\c2c(Cl)cccc2Cl)NC(=O)c2ccccc2)c1. The van der Waals surface area contributed by atoms with Gasteiger partial charge in [0.1, 0.15) is 5.70 Å². The summed E-state index contributed by atoms with van der Waals surface area (Å²) >= 11 is 14.0. The van der Waals surface area contributed by atoms with Crippen LogP contribution >= 0.6 is 35.0 Å². The molecule has 3 amide bonds. The third kappa shape index (κ3) is 8.24. The van der Waals surface area contributed by atoms with Crippen molar-refractivity contribution in [2.45, 2.75) is 18.7 Å². The number of nitrogens with one attached hydrogen (secondary N) is 3. The predicted octanol–water partition coefficient (Wildman–Crippen LogP) is 7.75. The van der Waals surface area contributed by atoms with Gasteiger partial charge in [-0.2, -0.15) is 0 Å². The lowest BCUT2D eigenvalue weighted by Gasteiger charge is -2.13. The second kappa shape index (κ2) is 14.0. The zero-order valence-electron chi connectivity index (χ0n) is 22.3. The second-order valence-corrected chi connectivity index (χ2v) is 11.0. The minimum Gasteiger partial charge on any atom is -0.325 e. The minimum absolute atomic E-state index is 0.0418. The first-order valence-corrected chi connectivity index (χ1v) is 14.4. The molecule has 0 radical (unpaired) electrons. The van der Waals surface area contributed by atoms with E-state index in [1.165, 1.54) is 17.8 Å². The zero-order chi connectivity index (χ0) is 29.4. The fraction of sp³-hybridized carbons (Fsp3) is 0.0938. The Hall–Kier alpha value is -4.04. The molecular weight excluding hydrogens is 577 g/mol. The molecule has 0 fully saturated rings. The third-order valence-electron chi connectivity index (χ3n) is 6.02. The first-order valence-electron chi connectivity index (χ1n) is 12.6. The number of para-hydroxylation sites is 1. The van der Waals surface area contributed by atoms with Gasteiger partial charge < -0.3 is 16.0 Å². The molecule has 6 nitrogen and oxygen atoms in total. The van der Waals surface area contributed by atoms with Crippen LogP contribution in [0, 0.1) is 13.8 Å². The highest BCUT2D eigenvalue weighted by Gasteiger charge is 2.17. The summed E-state index contributed by atoms with van der Waals surface area (Å²) in [5.74, 6) is -0.976. The van der Waals surface area contributed by atoms with Crippen molar-refractivity contribution in [3.63, 3.8) is 0 Å². The van der Waals surface area contributed by atoms with Gasteiger partial charge in [0.15, 0.2) is 0 Å². The van der Waals surface area contributed by atoms with Crippen molar-refractivity contribution in [1.29, 1.82) is 0 Å². The van der Waals surface area contributed by atoms with E-state index < -0.39 is 11.8 Å². The zero-order valence-corrected chi connectivity index (χ0v) is 24.7. The van der Waals surface area contributed by atoms with E-state index in [1.54, 1.807) is 66.7 Å². The standard InChI is InChI=1S/C32H27Cl2N3O3S/c1-20-9-6-10-21(2)30(20)37-29(38)19-41-24-14-7-13-23(17-24)35-32(40)28(18-25-26(33)15-8-16-27(25)34)36-31(39)22-11-4-3-5-12-22/h3-18H,19H2,1-2H3,(H,35,40)(H,36,39)(H,37,38)/b28-18+. The molecule has 0 unspecified atom stereocenters. The number of hydrogen-bond donors (Lipinski definition) is 3. The number of carbonyl (C=O) groups is 3. The summed E-state index contributed by atoms with van der Waals surface area (Å²) in [7, 11) is 0. The van der Waals surface area contributed by atoms with Crippen molar-refractivity contribution in [3.8, 4) is 0 Å². The Morgan fingerprint density at radius 2 is 1.41 bits per heavy atom. The van der Waals surface area contributed by atoms with Gasteiger partial charge >= 0.3 is 0 Å². The topological polar surface area (TPSA) is 87.3 Å². The number of hydrogen-bond acceptors (Lipinski definition) is 4. The molecule has 0 heterocycles. The predicted molar refractivity (Wildman–Crippen MR) is 169 cm³/mol. The number of rotatable bonds is 9. The molecule has 0 aliphatic heterocycles. The summed E-state index contributed by atoms with van der Waals surface area (Å²) in [6, 6.07) is 26.5. The minimum atomic E-state index is -0.569. The van der Waals surface area contributed by atoms with Crippen molar-refractivity contribution in [2.75, 3.05) is 16.4 Å². The van der Waals surface area contributed by atoms with Gasteiger partial charge in [-0.15, -0.1) is 11.8 Å². The molecule has 4 aromatic rings. The largest absolute Gasteiger partial charge is 0.325 e. The average Bonchev–Trinajstić information content (AvgIpc) is 2.96. The van der Waals surface area contributed by atoms with E-state index in [1.807, 2.05) is 38.1 Å². The van der Waals surface area contributed by atoms with Crippen LogP contribution < -0.4 is 16.0 Å². The Kier molecular flexibility index (Phi) is 10.2. The number of carbonyl (C=O) groups excluding carboxylic acids is 3. The summed E-state index contributed by atoms with van der Waals surface area (Å²) in [5.41, 5.74) is 4.03. The van der Waals surface area contributed by atoms with E-state index in [2.05, 4.69) is 16.0 Å². The molecule has 0 atom stereocenters. The average molecular weight is 605 g/mol. The highest BCUT2D eigenvalue weighted by molar-refractivity contribution is 8.00. The molecule has 208 valence electrons. The summed E-state index contributed by atoms with van der Waals surface area (Å²) in [6.45, 7) is 3.90. The lowest BCUT2D eigenvalue weighted by Crippen LogP contribution is -2.30. The molecule has 0 spiro atoms. The van der Waals surface area contributed by atoms with Gasteiger partial charge in [-0.3, -0.25) is 14.4 Å². The molecule has 9 heteroatoms. The van der Waals surface area contributed by atoms with Crippen LogP contribution in [0.2, 0.25) is 10.0 Å². The maximum absolute atomic E-state index is 13.4. The normalized spacial score (nSPS) is 11.1. The molecule has 0 aliphatic rings. The van der Waals surface area contributed by atoms with E-state index in [4.69, 9.17) is 23.2 Å². The van der Waals surface area contributed by atoms with Gasteiger partial charge in [-0.25, -0.2) is 0 Å². The van der Waals surface area contributed by atoms with Crippen LogP contribution in [0.5, 0.6) is 0 Å².